The van der Waals surface area contributed by atoms with E-state index in [0.717, 1.165) is 36.3 Å². The van der Waals surface area contributed by atoms with Gasteiger partial charge in [0.15, 0.2) is 0 Å². The zero-order valence-corrected chi connectivity index (χ0v) is 14.6. The molecule has 2 atom stereocenters. The first-order chi connectivity index (χ1) is 10.0. The Balaban J connectivity index is 1.97. The van der Waals surface area contributed by atoms with Crippen LogP contribution in [0.15, 0.2) is 22.7 Å². The molecule has 0 aliphatic carbocycles. The van der Waals surface area contributed by atoms with Crippen LogP contribution < -0.4 is 10.5 Å². The molecule has 1 aliphatic heterocycles. The summed E-state index contributed by atoms with van der Waals surface area (Å²) in [7, 11) is 1.67. The van der Waals surface area contributed by atoms with E-state index in [2.05, 4.69) is 46.8 Å². The van der Waals surface area contributed by atoms with Gasteiger partial charge in [-0.25, -0.2) is 0 Å². The Morgan fingerprint density at radius 2 is 2.24 bits per heavy atom. The Morgan fingerprint density at radius 1 is 1.48 bits per heavy atom. The second-order valence-electron chi connectivity index (χ2n) is 5.83. The second kappa shape index (κ2) is 7.58. The Hall–Kier alpha value is -0.620. The summed E-state index contributed by atoms with van der Waals surface area (Å²) in [6.07, 6.45) is 0.904. The molecule has 0 saturated carbocycles. The number of nitrogens with two attached hydrogens (primary N) is 1. The number of benzene rings is 1. The Morgan fingerprint density at radius 3 is 2.86 bits per heavy atom. The highest BCUT2D eigenvalue weighted by atomic mass is 79.9. The Labute approximate surface area is 135 Å². The van der Waals surface area contributed by atoms with Gasteiger partial charge in [-0.05, 0) is 53.9 Å². The molecular formula is C16H25BrN2O2. The van der Waals surface area contributed by atoms with Crippen molar-refractivity contribution in [2.45, 2.75) is 38.5 Å². The third kappa shape index (κ3) is 4.42. The molecule has 0 radical (unpaired) electrons. The molecule has 2 rings (SSSR count). The largest absolute Gasteiger partial charge is 0.496 e. The van der Waals surface area contributed by atoms with Crippen LogP contribution in [0.5, 0.6) is 5.75 Å². The van der Waals surface area contributed by atoms with Crippen LogP contribution in [0.3, 0.4) is 0 Å². The maximum absolute atomic E-state index is 6.37. The summed E-state index contributed by atoms with van der Waals surface area (Å²) >= 11 is 3.52. The van der Waals surface area contributed by atoms with E-state index in [1.165, 1.54) is 5.56 Å². The van der Waals surface area contributed by atoms with E-state index in [0.29, 0.717) is 6.04 Å². The summed E-state index contributed by atoms with van der Waals surface area (Å²) < 4.78 is 12.1. The molecule has 5 heteroatoms. The van der Waals surface area contributed by atoms with E-state index in [9.17, 15) is 0 Å². The molecule has 2 unspecified atom stereocenters. The maximum Gasteiger partial charge on any atom is 0.133 e. The molecule has 1 heterocycles. The third-order valence-electron chi connectivity index (χ3n) is 4.02. The smallest absolute Gasteiger partial charge is 0.133 e. The van der Waals surface area contributed by atoms with E-state index >= 15 is 0 Å². The molecule has 21 heavy (non-hydrogen) atoms. The standard InChI is InChI=1S/C16H25BrN2O2/c1-11(2)19-6-7-21-16(10-19)14(18)9-12-4-5-15(20-3)13(17)8-12/h4-5,8,11,14,16H,6-7,9-10,18H2,1-3H3. The minimum absolute atomic E-state index is 0.00634. The van der Waals surface area contributed by atoms with Crippen molar-refractivity contribution in [3.05, 3.63) is 28.2 Å². The first-order valence-electron chi connectivity index (χ1n) is 7.45. The zero-order valence-electron chi connectivity index (χ0n) is 13.0. The zero-order chi connectivity index (χ0) is 15.4. The minimum Gasteiger partial charge on any atom is -0.496 e. The summed E-state index contributed by atoms with van der Waals surface area (Å²) in [4.78, 5) is 2.43. The van der Waals surface area contributed by atoms with E-state index in [1.54, 1.807) is 7.11 Å². The van der Waals surface area contributed by atoms with Gasteiger partial charge < -0.3 is 15.2 Å². The summed E-state index contributed by atoms with van der Waals surface area (Å²) in [6.45, 7) is 7.11. The highest BCUT2D eigenvalue weighted by molar-refractivity contribution is 9.10. The topological polar surface area (TPSA) is 47.7 Å². The van der Waals surface area contributed by atoms with E-state index in [4.69, 9.17) is 15.2 Å². The normalized spacial score (nSPS) is 21.5. The van der Waals surface area contributed by atoms with Crippen LogP contribution in [-0.2, 0) is 11.2 Å². The molecule has 1 aromatic carbocycles. The predicted octanol–water partition coefficient (Wildman–Crippen LogP) is 2.44. The molecular weight excluding hydrogens is 332 g/mol. The number of morpholine rings is 1. The van der Waals surface area contributed by atoms with E-state index in [1.807, 2.05) is 6.07 Å². The van der Waals surface area contributed by atoms with Crippen LogP contribution in [0.25, 0.3) is 0 Å². The van der Waals surface area contributed by atoms with Crippen molar-refractivity contribution in [3.63, 3.8) is 0 Å². The molecule has 0 aromatic heterocycles. The molecule has 0 spiro atoms. The fraction of sp³-hybridized carbons (Fsp3) is 0.625. The fourth-order valence-electron chi connectivity index (χ4n) is 2.66. The maximum atomic E-state index is 6.37. The van der Waals surface area contributed by atoms with Gasteiger partial charge in [-0.15, -0.1) is 0 Å². The summed E-state index contributed by atoms with van der Waals surface area (Å²) in [5.41, 5.74) is 7.56. The van der Waals surface area contributed by atoms with Crippen molar-refractivity contribution in [1.29, 1.82) is 0 Å². The van der Waals surface area contributed by atoms with Crippen molar-refractivity contribution in [1.82, 2.24) is 4.90 Å². The van der Waals surface area contributed by atoms with Crippen LogP contribution in [0, 0.1) is 0 Å². The summed E-state index contributed by atoms with van der Waals surface area (Å²) in [6, 6.07) is 6.65. The van der Waals surface area contributed by atoms with Gasteiger partial charge in [0.05, 0.1) is 24.3 Å². The van der Waals surface area contributed by atoms with Gasteiger partial charge in [-0.3, -0.25) is 4.90 Å². The third-order valence-corrected chi connectivity index (χ3v) is 4.64. The van der Waals surface area contributed by atoms with Crippen molar-refractivity contribution in [2.24, 2.45) is 5.73 Å². The number of halogens is 1. The van der Waals surface area contributed by atoms with Gasteiger partial charge in [-0.2, -0.15) is 0 Å². The molecule has 0 bridgehead atoms. The first-order valence-corrected chi connectivity index (χ1v) is 8.24. The number of nitrogens with zero attached hydrogens (tertiary/aromatic N) is 1. The highest BCUT2D eigenvalue weighted by Gasteiger charge is 2.27. The summed E-state index contributed by atoms with van der Waals surface area (Å²) in [5, 5.41) is 0. The number of ether oxygens (including phenoxy) is 2. The van der Waals surface area contributed by atoms with Gasteiger partial charge in [0.1, 0.15) is 5.75 Å². The lowest BCUT2D eigenvalue weighted by Gasteiger charge is -2.38. The molecule has 0 amide bonds. The average Bonchev–Trinajstić information content (AvgIpc) is 2.47. The molecule has 1 aromatic rings. The molecule has 1 aliphatic rings. The molecule has 4 nitrogen and oxygen atoms in total. The number of hydrogen-bond donors (Lipinski definition) is 1. The van der Waals surface area contributed by atoms with Gasteiger partial charge in [0.25, 0.3) is 0 Å². The average molecular weight is 357 g/mol. The quantitative estimate of drug-likeness (QED) is 0.879. The van der Waals surface area contributed by atoms with E-state index in [-0.39, 0.29) is 12.1 Å². The predicted molar refractivity (Wildman–Crippen MR) is 88.8 cm³/mol. The second-order valence-corrected chi connectivity index (χ2v) is 6.69. The minimum atomic E-state index is 0.00634. The molecule has 1 saturated heterocycles. The van der Waals surface area contributed by atoms with Gasteiger partial charge in [0.2, 0.25) is 0 Å². The van der Waals surface area contributed by atoms with Crippen LogP contribution in [-0.4, -0.2) is 49.9 Å². The molecule has 118 valence electrons. The number of methoxy groups -OCH3 is 1. The SMILES string of the molecule is COc1ccc(CC(N)C2CN(C(C)C)CCO2)cc1Br. The first kappa shape index (κ1) is 16.7. The van der Waals surface area contributed by atoms with Crippen molar-refractivity contribution in [3.8, 4) is 5.75 Å². The van der Waals surface area contributed by atoms with Gasteiger partial charge in [0, 0.05) is 25.2 Å². The lowest BCUT2D eigenvalue weighted by molar-refractivity contribution is -0.0495. The van der Waals surface area contributed by atoms with Crippen molar-refractivity contribution in [2.75, 3.05) is 26.8 Å². The number of hydrogen-bond acceptors (Lipinski definition) is 4. The monoisotopic (exact) mass is 356 g/mol. The van der Waals surface area contributed by atoms with Crippen LogP contribution in [0.1, 0.15) is 19.4 Å². The van der Waals surface area contributed by atoms with Crippen molar-refractivity contribution < 1.29 is 9.47 Å². The van der Waals surface area contributed by atoms with E-state index < -0.39 is 0 Å². The van der Waals surface area contributed by atoms with Gasteiger partial charge >= 0.3 is 0 Å². The molecule has 1 fully saturated rings. The van der Waals surface area contributed by atoms with Crippen LogP contribution in [0.4, 0.5) is 0 Å². The van der Waals surface area contributed by atoms with Crippen LogP contribution in [0.2, 0.25) is 0 Å². The highest BCUT2D eigenvalue weighted by Crippen LogP contribution is 2.26. The number of rotatable bonds is 5. The fourth-order valence-corrected chi connectivity index (χ4v) is 3.25. The van der Waals surface area contributed by atoms with Crippen molar-refractivity contribution >= 4 is 15.9 Å². The molecule has 2 N–H and O–H groups in total. The lowest BCUT2D eigenvalue weighted by Crippen LogP contribution is -2.53. The Kier molecular flexibility index (Phi) is 6.05. The lowest BCUT2D eigenvalue weighted by atomic mass is 10.0. The Bertz CT molecular complexity index is 468. The van der Waals surface area contributed by atoms with Crippen LogP contribution >= 0.6 is 15.9 Å². The van der Waals surface area contributed by atoms with Gasteiger partial charge in [-0.1, -0.05) is 6.07 Å². The summed E-state index contributed by atoms with van der Waals surface area (Å²) in [5.74, 6) is 0.840.